The van der Waals surface area contributed by atoms with E-state index >= 15 is 0 Å². The van der Waals surface area contributed by atoms with Crippen molar-refractivity contribution in [1.29, 1.82) is 0 Å². The van der Waals surface area contributed by atoms with Gasteiger partial charge in [0.2, 0.25) is 11.5 Å². The van der Waals surface area contributed by atoms with Gasteiger partial charge in [0.25, 0.3) is 0 Å². The van der Waals surface area contributed by atoms with Crippen LogP contribution in [0.2, 0.25) is 0 Å². The van der Waals surface area contributed by atoms with Gasteiger partial charge in [0.15, 0.2) is 0 Å². The molecule has 0 saturated carbocycles. The summed E-state index contributed by atoms with van der Waals surface area (Å²) < 4.78 is 10.1. The van der Waals surface area contributed by atoms with E-state index in [1.807, 2.05) is 48.5 Å². The maximum absolute atomic E-state index is 12.8. The van der Waals surface area contributed by atoms with Crippen LogP contribution in [0.4, 0.5) is 4.79 Å². The average molecular weight is 422 g/mol. The molecule has 1 N–H and O–H groups in total. The first-order valence-corrected chi connectivity index (χ1v) is 10.0. The average Bonchev–Trinajstić information content (AvgIpc) is 3.41. The molecule has 8 heteroatoms. The molecule has 1 aliphatic heterocycles. The molecule has 0 radical (unpaired) electrons. The van der Waals surface area contributed by atoms with Crippen LogP contribution in [0.5, 0.6) is 0 Å². The molecule has 0 spiro atoms. The third-order valence-corrected chi connectivity index (χ3v) is 5.84. The molecule has 1 atom stereocenters. The van der Waals surface area contributed by atoms with Crippen LogP contribution in [0.1, 0.15) is 29.9 Å². The number of fused-ring (bicyclic) bond motifs is 3. The highest BCUT2D eigenvalue weighted by Gasteiger charge is 2.40. The number of hydrogen-bond donors (Lipinski definition) is 1. The number of esters is 1. The van der Waals surface area contributed by atoms with Crippen LogP contribution in [-0.2, 0) is 19.1 Å². The molecule has 1 aliphatic carbocycles. The van der Waals surface area contributed by atoms with Crippen LogP contribution in [0.3, 0.4) is 0 Å². The highest BCUT2D eigenvalue weighted by molar-refractivity contribution is 6.65. The summed E-state index contributed by atoms with van der Waals surface area (Å²) in [4.78, 5) is 38.4. The van der Waals surface area contributed by atoms with Crippen molar-refractivity contribution in [3.05, 3.63) is 59.7 Å². The van der Waals surface area contributed by atoms with Crippen LogP contribution in [0.25, 0.3) is 11.1 Å². The SMILES string of the molecule is COC(=O)/C(=N\O)C(=O)[C@@H]1CCCN1C(=O)OCC1c2ccccc2-c2ccccc21. The zero-order valence-electron chi connectivity index (χ0n) is 17.0. The molecule has 1 saturated heterocycles. The number of Topliss-reactive ketones (excluding diaryl/α,β-unsaturated/α-hetero) is 1. The number of rotatable bonds is 5. The fourth-order valence-electron chi connectivity index (χ4n) is 4.38. The molecule has 0 aromatic heterocycles. The van der Waals surface area contributed by atoms with Gasteiger partial charge in [-0.05, 0) is 35.1 Å². The predicted octanol–water partition coefficient (Wildman–Crippen LogP) is 2.97. The van der Waals surface area contributed by atoms with Crippen molar-refractivity contribution >= 4 is 23.6 Å². The Kier molecular flexibility index (Phi) is 5.70. The zero-order valence-corrected chi connectivity index (χ0v) is 17.0. The quantitative estimate of drug-likeness (QED) is 0.261. The molecule has 160 valence electrons. The van der Waals surface area contributed by atoms with E-state index in [0.29, 0.717) is 19.4 Å². The van der Waals surface area contributed by atoms with Crippen molar-refractivity contribution in [3.8, 4) is 11.1 Å². The lowest BCUT2D eigenvalue weighted by molar-refractivity contribution is -0.134. The Morgan fingerprint density at radius 1 is 1.06 bits per heavy atom. The molecule has 31 heavy (non-hydrogen) atoms. The van der Waals surface area contributed by atoms with Crippen molar-refractivity contribution in [2.75, 3.05) is 20.3 Å². The number of carbonyl (C=O) groups is 3. The number of likely N-dealkylation sites (tertiary alicyclic amines) is 1. The fourth-order valence-corrected chi connectivity index (χ4v) is 4.38. The van der Waals surface area contributed by atoms with Crippen molar-refractivity contribution in [2.45, 2.75) is 24.8 Å². The van der Waals surface area contributed by atoms with Gasteiger partial charge in [-0.25, -0.2) is 9.59 Å². The van der Waals surface area contributed by atoms with Crippen LogP contribution in [0, 0.1) is 0 Å². The largest absolute Gasteiger partial charge is 0.464 e. The number of benzene rings is 2. The molecular formula is C23H22N2O6. The van der Waals surface area contributed by atoms with Crippen molar-refractivity contribution in [3.63, 3.8) is 0 Å². The predicted molar refractivity (Wildman–Crippen MR) is 111 cm³/mol. The topological polar surface area (TPSA) is 106 Å². The molecule has 1 heterocycles. The first-order valence-electron chi connectivity index (χ1n) is 10.0. The maximum Gasteiger partial charge on any atom is 0.410 e. The number of ketones is 1. The monoisotopic (exact) mass is 422 g/mol. The summed E-state index contributed by atoms with van der Waals surface area (Å²) >= 11 is 0. The number of carbonyl (C=O) groups excluding carboxylic acids is 3. The first kappa shape index (κ1) is 20.6. The van der Waals surface area contributed by atoms with Gasteiger partial charge in [-0.15, -0.1) is 0 Å². The number of hydrogen-bond acceptors (Lipinski definition) is 7. The van der Waals surface area contributed by atoms with Gasteiger partial charge in [0.05, 0.1) is 7.11 Å². The number of nitrogens with zero attached hydrogens (tertiary/aromatic N) is 2. The summed E-state index contributed by atoms with van der Waals surface area (Å²) in [6.45, 7) is 0.440. The normalized spacial score (nSPS) is 17.8. The molecule has 2 aliphatic rings. The molecule has 0 unspecified atom stereocenters. The third kappa shape index (κ3) is 3.65. The molecule has 1 amide bonds. The molecule has 2 aromatic carbocycles. The highest BCUT2D eigenvalue weighted by atomic mass is 16.6. The maximum atomic E-state index is 12.8. The van der Waals surface area contributed by atoms with Gasteiger partial charge >= 0.3 is 12.1 Å². The Morgan fingerprint density at radius 2 is 1.68 bits per heavy atom. The first-order chi connectivity index (χ1) is 15.1. The summed E-state index contributed by atoms with van der Waals surface area (Å²) in [6, 6.07) is 15.1. The van der Waals surface area contributed by atoms with Crippen LogP contribution < -0.4 is 0 Å². The minimum Gasteiger partial charge on any atom is -0.464 e. The van der Waals surface area contributed by atoms with E-state index in [2.05, 4.69) is 9.89 Å². The third-order valence-electron chi connectivity index (χ3n) is 5.84. The molecule has 0 bridgehead atoms. The molecular weight excluding hydrogens is 400 g/mol. The minimum absolute atomic E-state index is 0.0993. The van der Waals surface area contributed by atoms with E-state index in [-0.39, 0.29) is 12.5 Å². The summed E-state index contributed by atoms with van der Waals surface area (Å²) in [5.74, 6) is -1.91. The number of oxime groups is 1. The molecule has 1 fully saturated rings. The molecule has 2 aromatic rings. The minimum atomic E-state index is -1.05. The van der Waals surface area contributed by atoms with Gasteiger partial charge < -0.3 is 14.7 Å². The van der Waals surface area contributed by atoms with E-state index < -0.39 is 29.6 Å². The number of methoxy groups -OCH3 is 1. The highest BCUT2D eigenvalue weighted by Crippen LogP contribution is 2.44. The van der Waals surface area contributed by atoms with E-state index in [0.717, 1.165) is 29.4 Å². The zero-order chi connectivity index (χ0) is 22.0. The Bertz CT molecular complexity index is 1020. The Morgan fingerprint density at radius 3 is 2.26 bits per heavy atom. The lowest BCUT2D eigenvalue weighted by Gasteiger charge is -2.24. The second kappa shape index (κ2) is 8.59. The van der Waals surface area contributed by atoms with Gasteiger partial charge in [-0.1, -0.05) is 53.7 Å². The molecule has 8 nitrogen and oxygen atoms in total. The van der Waals surface area contributed by atoms with E-state index in [4.69, 9.17) is 9.94 Å². The van der Waals surface area contributed by atoms with Gasteiger partial charge in [0.1, 0.15) is 12.6 Å². The summed E-state index contributed by atoms with van der Waals surface area (Å²) in [7, 11) is 1.08. The lowest BCUT2D eigenvalue weighted by atomic mass is 9.98. The van der Waals surface area contributed by atoms with Gasteiger partial charge in [-0.2, -0.15) is 0 Å². The number of amides is 1. The number of ether oxygens (including phenoxy) is 2. The smallest absolute Gasteiger partial charge is 0.410 e. The second-order valence-electron chi connectivity index (χ2n) is 7.46. The van der Waals surface area contributed by atoms with Gasteiger partial charge in [-0.3, -0.25) is 9.69 Å². The van der Waals surface area contributed by atoms with Crippen molar-refractivity contribution in [2.24, 2.45) is 5.16 Å². The molecule has 4 rings (SSSR count). The van der Waals surface area contributed by atoms with E-state index in [9.17, 15) is 14.4 Å². The van der Waals surface area contributed by atoms with E-state index in [1.165, 1.54) is 4.90 Å². The lowest BCUT2D eigenvalue weighted by Crippen LogP contribution is -2.45. The Labute approximate surface area is 179 Å². The van der Waals surface area contributed by atoms with Crippen molar-refractivity contribution < 1.29 is 29.1 Å². The Balaban J connectivity index is 1.49. The van der Waals surface area contributed by atoms with Crippen LogP contribution in [-0.4, -0.2) is 60.0 Å². The second-order valence-corrected chi connectivity index (χ2v) is 7.46. The standard InChI is InChI=1S/C23H22N2O6/c1-30-22(27)20(24-29)21(26)19-11-6-12-25(19)23(28)31-13-18-16-9-4-2-7-14(16)15-8-3-5-10-17(15)18/h2-5,7-10,18-19,29H,6,11-13H2,1H3/b24-20-/t19-/m0/s1. The van der Waals surface area contributed by atoms with Crippen LogP contribution in [0.15, 0.2) is 53.7 Å². The Hall–Kier alpha value is -3.68. The summed E-state index contributed by atoms with van der Waals surface area (Å²) in [5.41, 5.74) is 3.69. The fraction of sp³-hybridized carbons (Fsp3) is 0.304. The van der Waals surface area contributed by atoms with Crippen molar-refractivity contribution in [1.82, 2.24) is 4.90 Å². The van der Waals surface area contributed by atoms with Gasteiger partial charge in [0, 0.05) is 12.5 Å². The van der Waals surface area contributed by atoms with E-state index in [1.54, 1.807) is 0 Å². The van der Waals surface area contributed by atoms with Crippen LogP contribution >= 0.6 is 0 Å². The summed E-state index contributed by atoms with van der Waals surface area (Å²) in [5, 5.41) is 11.8. The summed E-state index contributed by atoms with van der Waals surface area (Å²) in [6.07, 6.45) is 0.277.